The minimum Gasteiger partial charge on any atom is -0.345 e. The van der Waals surface area contributed by atoms with E-state index in [1.165, 1.54) is 0 Å². The predicted octanol–water partition coefficient (Wildman–Crippen LogP) is 3.31. The standard InChI is InChI=1S/C16H15N3O/c1-3-13-14-11(9-20)8-17-16(14)19-15(18-13)12-7-5-4-6-10(12)2/h4-9H,3H2,1-2H3,(H,17,18,19). The molecule has 1 aromatic carbocycles. The summed E-state index contributed by atoms with van der Waals surface area (Å²) >= 11 is 0. The van der Waals surface area contributed by atoms with Gasteiger partial charge in [-0.2, -0.15) is 0 Å². The van der Waals surface area contributed by atoms with Gasteiger partial charge >= 0.3 is 0 Å². The van der Waals surface area contributed by atoms with E-state index in [0.717, 1.165) is 40.6 Å². The van der Waals surface area contributed by atoms with Gasteiger partial charge in [-0.25, -0.2) is 9.97 Å². The molecule has 100 valence electrons. The molecule has 0 aliphatic heterocycles. The summed E-state index contributed by atoms with van der Waals surface area (Å²) in [5, 5.41) is 0.833. The maximum absolute atomic E-state index is 11.1. The van der Waals surface area contributed by atoms with Crippen molar-refractivity contribution >= 4 is 17.3 Å². The third-order valence-electron chi connectivity index (χ3n) is 3.48. The third-order valence-corrected chi connectivity index (χ3v) is 3.48. The number of benzene rings is 1. The number of fused-ring (bicyclic) bond motifs is 1. The zero-order valence-electron chi connectivity index (χ0n) is 11.5. The molecule has 4 heteroatoms. The lowest BCUT2D eigenvalue weighted by atomic mass is 10.1. The van der Waals surface area contributed by atoms with E-state index in [1.54, 1.807) is 6.20 Å². The summed E-state index contributed by atoms with van der Waals surface area (Å²) in [6.07, 6.45) is 3.29. The van der Waals surface area contributed by atoms with Gasteiger partial charge in [0.15, 0.2) is 12.1 Å². The SMILES string of the molecule is CCc1nc(-c2ccccc2C)nc2[nH]cc(C=O)c12. The molecule has 0 spiro atoms. The number of hydrogen-bond acceptors (Lipinski definition) is 3. The monoisotopic (exact) mass is 265 g/mol. The lowest BCUT2D eigenvalue weighted by molar-refractivity contribution is 0.112. The van der Waals surface area contributed by atoms with E-state index in [1.807, 2.05) is 38.1 Å². The van der Waals surface area contributed by atoms with Gasteiger partial charge in [0.2, 0.25) is 0 Å². The highest BCUT2D eigenvalue weighted by atomic mass is 16.1. The van der Waals surface area contributed by atoms with Crippen molar-refractivity contribution < 1.29 is 4.79 Å². The van der Waals surface area contributed by atoms with Crippen LogP contribution in [0.15, 0.2) is 30.5 Å². The van der Waals surface area contributed by atoms with E-state index < -0.39 is 0 Å². The van der Waals surface area contributed by atoms with Gasteiger partial charge in [0.05, 0.1) is 11.1 Å². The molecular weight excluding hydrogens is 250 g/mol. The average molecular weight is 265 g/mol. The molecule has 3 aromatic rings. The van der Waals surface area contributed by atoms with Gasteiger partial charge in [-0.05, 0) is 18.9 Å². The molecule has 0 saturated carbocycles. The van der Waals surface area contributed by atoms with E-state index >= 15 is 0 Å². The molecule has 0 bridgehead atoms. The second-order valence-corrected chi connectivity index (χ2v) is 4.75. The Hall–Kier alpha value is -2.49. The summed E-state index contributed by atoms with van der Waals surface area (Å²) in [4.78, 5) is 23.3. The number of aromatic amines is 1. The number of hydrogen-bond donors (Lipinski definition) is 1. The fraction of sp³-hybridized carbons (Fsp3) is 0.188. The van der Waals surface area contributed by atoms with Crippen LogP contribution in [-0.2, 0) is 6.42 Å². The third kappa shape index (κ3) is 1.90. The Morgan fingerprint density at radius 1 is 1.25 bits per heavy atom. The molecule has 20 heavy (non-hydrogen) atoms. The molecule has 4 nitrogen and oxygen atoms in total. The molecular formula is C16H15N3O. The van der Waals surface area contributed by atoms with Gasteiger partial charge in [-0.15, -0.1) is 0 Å². The summed E-state index contributed by atoms with van der Waals surface area (Å²) in [6.45, 7) is 4.07. The van der Waals surface area contributed by atoms with Crippen molar-refractivity contribution in [1.29, 1.82) is 0 Å². The van der Waals surface area contributed by atoms with Crippen LogP contribution in [0.2, 0.25) is 0 Å². The molecule has 2 heterocycles. The number of carbonyl (C=O) groups is 1. The van der Waals surface area contributed by atoms with E-state index in [9.17, 15) is 4.79 Å². The molecule has 0 saturated heterocycles. The van der Waals surface area contributed by atoms with Crippen LogP contribution in [0.1, 0.15) is 28.5 Å². The molecule has 1 N–H and O–H groups in total. The van der Waals surface area contributed by atoms with E-state index in [4.69, 9.17) is 0 Å². The number of aromatic nitrogens is 3. The summed E-state index contributed by atoms with van der Waals surface area (Å²) in [5.74, 6) is 0.701. The highest BCUT2D eigenvalue weighted by molar-refractivity contribution is 5.97. The normalized spacial score (nSPS) is 10.9. The average Bonchev–Trinajstić information content (AvgIpc) is 2.89. The molecule has 0 aliphatic rings. The van der Waals surface area contributed by atoms with E-state index in [2.05, 4.69) is 15.0 Å². The van der Waals surface area contributed by atoms with Gasteiger partial charge in [0.1, 0.15) is 5.65 Å². The summed E-state index contributed by atoms with van der Waals surface area (Å²) < 4.78 is 0. The van der Waals surface area contributed by atoms with Crippen LogP contribution in [0.25, 0.3) is 22.4 Å². The topological polar surface area (TPSA) is 58.6 Å². The Morgan fingerprint density at radius 3 is 2.75 bits per heavy atom. The van der Waals surface area contributed by atoms with Crippen LogP contribution < -0.4 is 0 Å². The van der Waals surface area contributed by atoms with Gasteiger partial charge in [-0.1, -0.05) is 31.2 Å². The summed E-state index contributed by atoms with van der Waals surface area (Å²) in [5.41, 5.74) is 4.39. The van der Waals surface area contributed by atoms with Crippen LogP contribution >= 0.6 is 0 Å². The lowest BCUT2D eigenvalue weighted by Crippen LogP contribution is -1.98. The smallest absolute Gasteiger partial charge is 0.162 e. The fourth-order valence-corrected chi connectivity index (χ4v) is 2.43. The number of rotatable bonds is 3. The number of aryl methyl sites for hydroxylation is 2. The van der Waals surface area contributed by atoms with Crippen LogP contribution in [0.3, 0.4) is 0 Å². The molecule has 2 aromatic heterocycles. The molecule has 0 amide bonds. The summed E-state index contributed by atoms with van der Waals surface area (Å²) in [7, 11) is 0. The Balaban J connectivity index is 2.29. The molecule has 0 fully saturated rings. The highest BCUT2D eigenvalue weighted by Crippen LogP contribution is 2.25. The van der Waals surface area contributed by atoms with Crippen LogP contribution in [0.4, 0.5) is 0 Å². The maximum Gasteiger partial charge on any atom is 0.162 e. The second-order valence-electron chi connectivity index (χ2n) is 4.75. The Kier molecular flexibility index (Phi) is 3.06. The minimum absolute atomic E-state index is 0.619. The quantitative estimate of drug-likeness (QED) is 0.739. The predicted molar refractivity (Wildman–Crippen MR) is 78.8 cm³/mol. The number of aldehydes is 1. The number of nitrogens with one attached hydrogen (secondary N) is 1. The lowest BCUT2D eigenvalue weighted by Gasteiger charge is -2.07. The molecule has 0 atom stereocenters. The Morgan fingerprint density at radius 2 is 2.05 bits per heavy atom. The van der Waals surface area contributed by atoms with Crippen molar-refractivity contribution in [1.82, 2.24) is 15.0 Å². The van der Waals surface area contributed by atoms with Crippen molar-refractivity contribution in [3.8, 4) is 11.4 Å². The van der Waals surface area contributed by atoms with Gasteiger partial charge in [0, 0.05) is 17.3 Å². The maximum atomic E-state index is 11.1. The first-order valence-electron chi connectivity index (χ1n) is 6.63. The molecule has 0 unspecified atom stereocenters. The zero-order valence-corrected chi connectivity index (χ0v) is 11.5. The van der Waals surface area contributed by atoms with Crippen LogP contribution in [0.5, 0.6) is 0 Å². The second kappa shape index (κ2) is 4.89. The number of nitrogens with zero attached hydrogens (tertiary/aromatic N) is 2. The number of H-pyrrole nitrogens is 1. The number of carbonyl (C=O) groups excluding carboxylic acids is 1. The highest BCUT2D eigenvalue weighted by Gasteiger charge is 2.13. The van der Waals surface area contributed by atoms with Crippen molar-refractivity contribution in [2.24, 2.45) is 0 Å². The van der Waals surface area contributed by atoms with Gasteiger partial charge in [-0.3, -0.25) is 4.79 Å². The zero-order chi connectivity index (χ0) is 14.1. The Labute approximate surface area is 116 Å². The molecule has 3 rings (SSSR count). The first-order valence-corrected chi connectivity index (χ1v) is 6.63. The largest absolute Gasteiger partial charge is 0.345 e. The van der Waals surface area contributed by atoms with Crippen molar-refractivity contribution in [2.45, 2.75) is 20.3 Å². The fourth-order valence-electron chi connectivity index (χ4n) is 2.43. The van der Waals surface area contributed by atoms with Gasteiger partial charge < -0.3 is 4.98 Å². The van der Waals surface area contributed by atoms with Crippen LogP contribution in [0, 0.1) is 6.92 Å². The summed E-state index contributed by atoms with van der Waals surface area (Å²) in [6, 6.07) is 8.03. The van der Waals surface area contributed by atoms with E-state index in [-0.39, 0.29) is 0 Å². The van der Waals surface area contributed by atoms with Gasteiger partial charge in [0.25, 0.3) is 0 Å². The molecule has 0 aliphatic carbocycles. The first-order chi connectivity index (χ1) is 9.74. The van der Waals surface area contributed by atoms with Crippen molar-refractivity contribution in [2.75, 3.05) is 0 Å². The van der Waals surface area contributed by atoms with E-state index in [0.29, 0.717) is 11.4 Å². The van der Waals surface area contributed by atoms with Crippen molar-refractivity contribution in [3.05, 3.63) is 47.3 Å². The minimum atomic E-state index is 0.619. The van der Waals surface area contributed by atoms with Crippen molar-refractivity contribution in [3.63, 3.8) is 0 Å². The molecule has 0 radical (unpaired) electrons. The first kappa shape index (κ1) is 12.5. The Bertz CT molecular complexity index is 790. The van der Waals surface area contributed by atoms with Crippen LogP contribution in [-0.4, -0.2) is 21.2 Å².